The van der Waals surface area contributed by atoms with E-state index in [1.54, 1.807) is 10.6 Å². The van der Waals surface area contributed by atoms with Crippen molar-refractivity contribution in [3.05, 3.63) is 35.8 Å². The number of nitrogens with zero attached hydrogens (tertiary/aromatic N) is 2. The minimum Gasteiger partial charge on any atom is -0.350 e. The van der Waals surface area contributed by atoms with E-state index in [0.29, 0.717) is 40.8 Å². The number of aromatic nitrogens is 2. The first-order valence-corrected chi connectivity index (χ1v) is 12.8. The number of rotatable bonds is 6. The smallest absolute Gasteiger partial charge is 0.268 e. The van der Waals surface area contributed by atoms with Crippen LogP contribution in [-0.4, -0.2) is 41.2 Å². The number of hydrogen-bond acceptors (Lipinski definition) is 5. The summed E-state index contributed by atoms with van der Waals surface area (Å²) in [6.45, 7) is 11.4. The Bertz CT molecular complexity index is 1100. The van der Waals surface area contributed by atoms with Gasteiger partial charge in [-0.1, -0.05) is 33.8 Å². The first-order chi connectivity index (χ1) is 16.1. The molecule has 1 amide bonds. The van der Waals surface area contributed by atoms with Crippen LogP contribution in [0.4, 0.5) is 0 Å². The fourth-order valence-electron chi connectivity index (χ4n) is 7.30. The average molecular weight is 466 g/mol. The van der Waals surface area contributed by atoms with Gasteiger partial charge in [0.1, 0.15) is 23.2 Å². The normalized spacial score (nSPS) is 31.3. The van der Waals surface area contributed by atoms with Crippen LogP contribution in [0.3, 0.4) is 0 Å². The van der Waals surface area contributed by atoms with E-state index in [1.165, 1.54) is 19.3 Å². The van der Waals surface area contributed by atoms with E-state index in [-0.39, 0.29) is 17.2 Å². The molecule has 4 fully saturated rings. The zero-order valence-electron chi connectivity index (χ0n) is 20.9. The third-order valence-corrected chi connectivity index (χ3v) is 9.60. The maximum atomic E-state index is 13.2. The van der Waals surface area contributed by atoms with Crippen LogP contribution in [0.25, 0.3) is 5.65 Å². The summed E-state index contributed by atoms with van der Waals surface area (Å²) in [7, 11) is 0. The predicted octanol–water partition coefficient (Wildman–Crippen LogP) is 3.13. The fraction of sp³-hybridized carbons (Fsp3) is 0.667. The van der Waals surface area contributed by atoms with E-state index in [9.17, 15) is 9.59 Å². The Balaban J connectivity index is 1.39. The van der Waals surface area contributed by atoms with Gasteiger partial charge in [0.05, 0.1) is 5.69 Å². The van der Waals surface area contributed by atoms with Gasteiger partial charge in [-0.05, 0) is 78.9 Å². The molecule has 184 valence electrons. The zero-order valence-corrected chi connectivity index (χ0v) is 20.9. The molecule has 34 heavy (non-hydrogen) atoms. The second kappa shape index (κ2) is 8.16. The van der Waals surface area contributed by atoms with Crippen molar-refractivity contribution in [3.8, 4) is 0 Å². The minimum atomic E-state index is -1.21. The van der Waals surface area contributed by atoms with Crippen LogP contribution in [0, 0.1) is 34.5 Å². The van der Waals surface area contributed by atoms with E-state index in [2.05, 4.69) is 38.3 Å². The summed E-state index contributed by atoms with van der Waals surface area (Å²) in [5, 5.41) is 6.60. The van der Waals surface area contributed by atoms with Gasteiger partial charge >= 0.3 is 0 Å². The lowest BCUT2D eigenvalue weighted by atomic mass is 9.45. The third-order valence-electron chi connectivity index (χ3n) is 9.60. The van der Waals surface area contributed by atoms with Crippen LogP contribution in [0.1, 0.15) is 69.6 Å². The van der Waals surface area contributed by atoms with Gasteiger partial charge in [0.2, 0.25) is 0 Å². The molecule has 4 aliphatic rings. The van der Waals surface area contributed by atoms with Gasteiger partial charge in [0.25, 0.3) is 5.91 Å². The maximum Gasteiger partial charge on any atom is 0.268 e. The molecular weight excluding hydrogens is 426 g/mol. The van der Waals surface area contributed by atoms with Crippen LogP contribution in [0.5, 0.6) is 0 Å². The molecule has 0 spiro atoms. The van der Waals surface area contributed by atoms with Gasteiger partial charge in [-0.3, -0.25) is 9.20 Å². The largest absolute Gasteiger partial charge is 0.350 e. The Kier molecular flexibility index (Phi) is 5.64. The molecular formula is C27H39N5O2. The van der Waals surface area contributed by atoms with Gasteiger partial charge in [0.15, 0.2) is 0 Å². The molecule has 3 aliphatic carbocycles. The van der Waals surface area contributed by atoms with Crippen molar-refractivity contribution >= 4 is 17.8 Å². The quantitative estimate of drug-likeness (QED) is 0.569. The predicted molar refractivity (Wildman–Crippen MR) is 132 cm³/mol. The minimum absolute atomic E-state index is 0.0538. The van der Waals surface area contributed by atoms with E-state index in [1.807, 2.05) is 18.2 Å². The second-order valence-electron chi connectivity index (χ2n) is 12.2. The van der Waals surface area contributed by atoms with Crippen molar-refractivity contribution in [2.45, 2.75) is 58.9 Å². The molecule has 0 aromatic carbocycles. The molecule has 3 heterocycles. The van der Waals surface area contributed by atoms with Crippen LogP contribution >= 0.6 is 0 Å². The van der Waals surface area contributed by atoms with Gasteiger partial charge in [-0.2, -0.15) is 0 Å². The number of imidazole rings is 1. The molecule has 7 heteroatoms. The number of carbonyl (C=O) groups is 2. The lowest BCUT2D eigenvalue weighted by molar-refractivity contribution is -0.117. The van der Waals surface area contributed by atoms with Crippen molar-refractivity contribution in [3.63, 3.8) is 0 Å². The molecule has 5 atom stereocenters. The monoisotopic (exact) mass is 465 g/mol. The molecule has 6 rings (SSSR count). The SMILES string of the molecule is CC1(C)CNCCC1C(N)(C=O)c1cn2c(C(=O)NC[C@@H]3CC[C@@H]4C[C@H]3C4(C)C)cccc2n1. The number of piperidine rings is 1. The number of hydrogen-bond donors (Lipinski definition) is 3. The number of aldehydes is 1. The first kappa shape index (κ1) is 23.5. The highest BCUT2D eigenvalue weighted by molar-refractivity contribution is 5.93. The molecule has 3 saturated carbocycles. The summed E-state index contributed by atoms with van der Waals surface area (Å²) < 4.78 is 1.79. The van der Waals surface area contributed by atoms with Crippen LogP contribution in [0.15, 0.2) is 24.4 Å². The highest BCUT2D eigenvalue weighted by Gasteiger charge is 2.54. The summed E-state index contributed by atoms with van der Waals surface area (Å²) >= 11 is 0. The van der Waals surface area contributed by atoms with Gasteiger partial charge in [-0.25, -0.2) is 4.98 Å². The Morgan fingerprint density at radius 2 is 2.09 bits per heavy atom. The summed E-state index contributed by atoms with van der Waals surface area (Å²) in [6, 6.07) is 5.51. The number of pyridine rings is 1. The number of carbonyl (C=O) groups excluding carboxylic acids is 2. The molecule has 2 unspecified atom stereocenters. The molecule has 2 aromatic rings. The van der Waals surface area contributed by atoms with E-state index < -0.39 is 5.54 Å². The maximum absolute atomic E-state index is 13.2. The van der Waals surface area contributed by atoms with Crippen molar-refractivity contribution in [2.24, 2.45) is 40.2 Å². The van der Waals surface area contributed by atoms with Crippen molar-refractivity contribution in [1.29, 1.82) is 0 Å². The highest BCUT2D eigenvalue weighted by atomic mass is 16.2. The molecule has 0 radical (unpaired) electrons. The third kappa shape index (κ3) is 3.59. The average Bonchev–Trinajstić information content (AvgIpc) is 3.27. The summed E-state index contributed by atoms with van der Waals surface area (Å²) in [6.07, 6.45) is 7.19. The Morgan fingerprint density at radius 1 is 1.29 bits per heavy atom. The highest BCUT2D eigenvalue weighted by Crippen LogP contribution is 2.61. The van der Waals surface area contributed by atoms with E-state index in [0.717, 1.165) is 31.7 Å². The fourth-order valence-corrected chi connectivity index (χ4v) is 7.30. The number of nitrogens with one attached hydrogen (secondary N) is 2. The zero-order chi connectivity index (χ0) is 24.3. The molecule has 2 aromatic heterocycles. The van der Waals surface area contributed by atoms with E-state index in [4.69, 9.17) is 10.7 Å². The number of amides is 1. The van der Waals surface area contributed by atoms with Crippen molar-refractivity contribution in [2.75, 3.05) is 19.6 Å². The van der Waals surface area contributed by atoms with Crippen LogP contribution < -0.4 is 16.4 Å². The molecule has 1 aliphatic heterocycles. The lowest BCUT2D eigenvalue weighted by Gasteiger charge is -2.60. The van der Waals surface area contributed by atoms with Crippen molar-refractivity contribution in [1.82, 2.24) is 20.0 Å². The molecule has 1 saturated heterocycles. The number of nitrogens with two attached hydrogens (primary N) is 1. The summed E-state index contributed by atoms with van der Waals surface area (Å²) in [5.41, 5.74) is 7.50. The Labute approximate surface area is 202 Å². The first-order valence-electron chi connectivity index (χ1n) is 12.8. The summed E-state index contributed by atoms with van der Waals surface area (Å²) in [4.78, 5) is 30.4. The van der Waals surface area contributed by atoms with Crippen LogP contribution in [0.2, 0.25) is 0 Å². The van der Waals surface area contributed by atoms with Crippen molar-refractivity contribution < 1.29 is 9.59 Å². The van der Waals surface area contributed by atoms with E-state index >= 15 is 0 Å². The lowest BCUT2D eigenvalue weighted by Crippen LogP contribution is -2.57. The topological polar surface area (TPSA) is 102 Å². The number of fused-ring (bicyclic) bond motifs is 3. The van der Waals surface area contributed by atoms with Gasteiger partial charge in [-0.15, -0.1) is 0 Å². The second-order valence-corrected chi connectivity index (χ2v) is 12.2. The Morgan fingerprint density at radius 3 is 2.76 bits per heavy atom. The van der Waals surface area contributed by atoms with Crippen LogP contribution in [-0.2, 0) is 10.3 Å². The molecule has 7 nitrogen and oxygen atoms in total. The molecule has 4 N–H and O–H groups in total. The summed E-state index contributed by atoms with van der Waals surface area (Å²) in [5.74, 6) is 1.92. The van der Waals surface area contributed by atoms with Gasteiger partial charge in [0, 0.05) is 19.3 Å². The van der Waals surface area contributed by atoms with Gasteiger partial charge < -0.3 is 21.2 Å². The molecule has 2 bridgehead atoms. The Hall–Kier alpha value is -2.25. The standard InChI is InChI=1S/C27H39N5O2/c1-25(2)15-29-11-10-21(25)27(28,16-33)22-14-32-20(6-5-7-23(32)31-22)24(34)30-13-17-8-9-18-12-19(17)26(18,3)4/h5-7,14,16-19,21,29H,8-13,15,28H2,1-4H3,(H,30,34)/t17-,18+,19+,21?,27?/m0/s1.